The van der Waals surface area contributed by atoms with Crippen molar-refractivity contribution >= 4 is 0 Å². The van der Waals surface area contributed by atoms with E-state index in [2.05, 4.69) is 29.1 Å². The molecule has 4 heteroatoms. The molecule has 1 saturated carbocycles. The summed E-state index contributed by atoms with van der Waals surface area (Å²) in [5.41, 5.74) is 0.841. The number of rotatable bonds is 5. The van der Waals surface area contributed by atoms with E-state index in [1.807, 2.05) is 0 Å². The van der Waals surface area contributed by atoms with Gasteiger partial charge in [-0.2, -0.15) is 0 Å². The quantitative estimate of drug-likeness (QED) is 0.858. The third kappa shape index (κ3) is 3.90. The molecular formula is C15H25N3O. The minimum atomic E-state index is -0.0180. The summed E-state index contributed by atoms with van der Waals surface area (Å²) >= 11 is 0. The molecule has 19 heavy (non-hydrogen) atoms. The van der Waals surface area contributed by atoms with Gasteiger partial charge in [-0.25, -0.2) is 4.98 Å². The Morgan fingerprint density at radius 2 is 2.05 bits per heavy atom. The Kier molecular flexibility index (Phi) is 5.14. The smallest absolute Gasteiger partial charge is 0.251 e. The zero-order chi connectivity index (χ0) is 13.7. The molecule has 1 aliphatic rings. The van der Waals surface area contributed by atoms with E-state index in [-0.39, 0.29) is 5.56 Å². The molecule has 0 amide bonds. The number of hydrogen-bond donors (Lipinski definition) is 2. The van der Waals surface area contributed by atoms with Crippen LogP contribution in [0.25, 0.3) is 0 Å². The molecule has 0 atom stereocenters. The van der Waals surface area contributed by atoms with Gasteiger partial charge in [0.2, 0.25) is 0 Å². The summed E-state index contributed by atoms with van der Waals surface area (Å²) in [4.78, 5) is 19.3. The van der Waals surface area contributed by atoms with Crippen molar-refractivity contribution in [3.05, 3.63) is 27.9 Å². The van der Waals surface area contributed by atoms with Crippen LogP contribution < -0.4 is 10.9 Å². The number of aromatic amines is 1. The summed E-state index contributed by atoms with van der Waals surface area (Å²) in [6, 6.07) is 1.60. The molecule has 0 spiro atoms. The van der Waals surface area contributed by atoms with Crippen molar-refractivity contribution in [3.8, 4) is 0 Å². The van der Waals surface area contributed by atoms with E-state index in [9.17, 15) is 4.79 Å². The van der Waals surface area contributed by atoms with Gasteiger partial charge < -0.3 is 10.3 Å². The zero-order valence-electron chi connectivity index (χ0n) is 12.0. The second kappa shape index (κ2) is 6.85. The van der Waals surface area contributed by atoms with Crippen LogP contribution in [0, 0.1) is 5.92 Å². The van der Waals surface area contributed by atoms with Crippen molar-refractivity contribution in [2.24, 2.45) is 5.92 Å². The first-order chi connectivity index (χ1) is 9.22. The summed E-state index contributed by atoms with van der Waals surface area (Å²) in [6.45, 7) is 5.89. The lowest BCUT2D eigenvalue weighted by Gasteiger charge is -2.27. The highest BCUT2D eigenvalue weighted by Crippen LogP contribution is 2.35. The summed E-state index contributed by atoms with van der Waals surface area (Å²) in [5.74, 6) is 2.21. The van der Waals surface area contributed by atoms with Crippen LogP contribution in [-0.2, 0) is 6.54 Å². The van der Waals surface area contributed by atoms with Crippen LogP contribution in [0.3, 0.4) is 0 Å². The molecule has 0 aliphatic heterocycles. The molecule has 4 nitrogen and oxygen atoms in total. The molecule has 0 unspecified atom stereocenters. The van der Waals surface area contributed by atoms with E-state index in [1.165, 1.54) is 19.3 Å². The molecule has 106 valence electrons. The first-order valence-electron chi connectivity index (χ1n) is 7.53. The van der Waals surface area contributed by atoms with Crippen molar-refractivity contribution in [1.82, 2.24) is 15.3 Å². The number of H-pyrrole nitrogens is 1. The van der Waals surface area contributed by atoms with Crippen LogP contribution in [0.1, 0.15) is 63.4 Å². The maximum absolute atomic E-state index is 11.7. The monoisotopic (exact) mass is 263 g/mol. The predicted molar refractivity (Wildman–Crippen MR) is 77.2 cm³/mol. The standard InChI is InChI=1S/C15H25N3O/c1-3-11-5-7-12(8-6-11)15-17-13(10-16-4-2)9-14(19)18-15/h9,11-12,16H,3-8,10H2,1-2H3,(H,17,18,19). The molecule has 2 N–H and O–H groups in total. The Labute approximate surface area is 115 Å². The van der Waals surface area contributed by atoms with E-state index in [1.54, 1.807) is 6.07 Å². The average molecular weight is 263 g/mol. The van der Waals surface area contributed by atoms with Crippen LogP contribution in [-0.4, -0.2) is 16.5 Å². The van der Waals surface area contributed by atoms with Crippen LogP contribution in [0.5, 0.6) is 0 Å². The predicted octanol–water partition coefficient (Wildman–Crippen LogP) is 2.56. The van der Waals surface area contributed by atoms with Crippen molar-refractivity contribution in [1.29, 1.82) is 0 Å². The molecule has 0 saturated heterocycles. The molecule has 1 aromatic rings. The molecule has 0 radical (unpaired) electrons. The van der Waals surface area contributed by atoms with E-state index in [4.69, 9.17) is 0 Å². The van der Waals surface area contributed by atoms with Gasteiger partial charge in [0.25, 0.3) is 5.56 Å². The second-order valence-electron chi connectivity index (χ2n) is 5.53. The van der Waals surface area contributed by atoms with E-state index < -0.39 is 0 Å². The van der Waals surface area contributed by atoms with Crippen LogP contribution >= 0.6 is 0 Å². The third-order valence-corrected chi connectivity index (χ3v) is 4.18. The largest absolute Gasteiger partial charge is 0.311 e. The van der Waals surface area contributed by atoms with Gasteiger partial charge >= 0.3 is 0 Å². The number of aromatic nitrogens is 2. The lowest BCUT2D eigenvalue weighted by Crippen LogP contribution is -2.22. The first-order valence-corrected chi connectivity index (χ1v) is 7.53. The minimum absolute atomic E-state index is 0.0180. The Hall–Kier alpha value is -1.16. The molecule has 1 heterocycles. The summed E-state index contributed by atoms with van der Waals surface area (Å²) < 4.78 is 0. The maximum atomic E-state index is 11.7. The fraction of sp³-hybridized carbons (Fsp3) is 0.733. The molecule has 1 aliphatic carbocycles. The molecule has 0 bridgehead atoms. The number of nitrogens with one attached hydrogen (secondary N) is 2. The first kappa shape index (κ1) is 14.3. The molecular weight excluding hydrogens is 238 g/mol. The topological polar surface area (TPSA) is 57.8 Å². The molecule has 0 aromatic carbocycles. The average Bonchev–Trinajstić information content (AvgIpc) is 2.44. The zero-order valence-corrected chi connectivity index (χ0v) is 12.0. The SMILES string of the molecule is CCNCc1cc(=O)[nH]c(C2CCC(CC)CC2)n1. The summed E-state index contributed by atoms with van der Waals surface area (Å²) in [5, 5.41) is 3.22. The normalized spacial score (nSPS) is 23.5. The van der Waals surface area contributed by atoms with Crippen molar-refractivity contribution in [2.45, 2.75) is 58.4 Å². The highest BCUT2D eigenvalue weighted by atomic mass is 16.1. The molecule has 1 aromatic heterocycles. The van der Waals surface area contributed by atoms with E-state index in [0.717, 1.165) is 36.8 Å². The van der Waals surface area contributed by atoms with Crippen molar-refractivity contribution < 1.29 is 0 Å². The highest BCUT2D eigenvalue weighted by Gasteiger charge is 2.23. The lowest BCUT2D eigenvalue weighted by molar-refractivity contribution is 0.311. The lowest BCUT2D eigenvalue weighted by atomic mass is 9.80. The van der Waals surface area contributed by atoms with E-state index >= 15 is 0 Å². The van der Waals surface area contributed by atoms with Gasteiger partial charge in [0, 0.05) is 18.5 Å². The second-order valence-corrected chi connectivity index (χ2v) is 5.53. The Balaban J connectivity index is 2.07. The fourth-order valence-electron chi connectivity index (χ4n) is 2.91. The summed E-state index contributed by atoms with van der Waals surface area (Å²) in [7, 11) is 0. The van der Waals surface area contributed by atoms with Gasteiger partial charge in [0.15, 0.2) is 0 Å². The van der Waals surface area contributed by atoms with Gasteiger partial charge in [-0.3, -0.25) is 4.79 Å². The molecule has 2 rings (SSSR count). The van der Waals surface area contributed by atoms with Gasteiger partial charge in [-0.15, -0.1) is 0 Å². The Bertz CT molecular complexity index is 447. The Morgan fingerprint density at radius 3 is 2.68 bits per heavy atom. The van der Waals surface area contributed by atoms with Crippen LogP contribution in [0.4, 0.5) is 0 Å². The highest BCUT2D eigenvalue weighted by molar-refractivity contribution is 5.07. The minimum Gasteiger partial charge on any atom is -0.311 e. The Morgan fingerprint density at radius 1 is 1.32 bits per heavy atom. The number of nitrogens with zero attached hydrogens (tertiary/aromatic N) is 1. The van der Waals surface area contributed by atoms with Gasteiger partial charge in [0.1, 0.15) is 5.82 Å². The summed E-state index contributed by atoms with van der Waals surface area (Å²) in [6.07, 6.45) is 6.12. The fourth-order valence-corrected chi connectivity index (χ4v) is 2.91. The van der Waals surface area contributed by atoms with E-state index in [0.29, 0.717) is 12.5 Å². The maximum Gasteiger partial charge on any atom is 0.251 e. The third-order valence-electron chi connectivity index (χ3n) is 4.18. The van der Waals surface area contributed by atoms with Crippen LogP contribution in [0.2, 0.25) is 0 Å². The van der Waals surface area contributed by atoms with Crippen molar-refractivity contribution in [2.75, 3.05) is 6.54 Å². The molecule has 1 fully saturated rings. The van der Waals surface area contributed by atoms with Crippen molar-refractivity contribution in [3.63, 3.8) is 0 Å². The van der Waals surface area contributed by atoms with Gasteiger partial charge in [0.05, 0.1) is 5.69 Å². The van der Waals surface area contributed by atoms with Crippen LogP contribution in [0.15, 0.2) is 10.9 Å². The van der Waals surface area contributed by atoms with Gasteiger partial charge in [-0.1, -0.05) is 20.3 Å². The number of hydrogen-bond acceptors (Lipinski definition) is 3. The van der Waals surface area contributed by atoms with Gasteiger partial charge in [-0.05, 0) is 38.1 Å².